The zero-order chi connectivity index (χ0) is 25.4. The van der Waals surface area contributed by atoms with E-state index in [1.807, 2.05) is 18.2 Å². The summed E-state index contributed by atoms with van der Waals surface area (Å²) in [6.45, 7) is 8.33. The van der Waals surface area contributed by atoms with Crippen LogP contribution in [0.3, 0.4) is 0 Å². The molecule has 1 heterocycles. The second-order valence-electron chi connectivity index (χ2n) is 11.7. The van der Waals surface area contributed by atoms with Gasteiger partial charge in [0.1, 0.15) is 11.7 Å². The van der Waals surface area contributed by atoms with Crippen molar-refractivity contribution in [1.82, 2.24) is 4.98 Å². The molecule has 7 heteroatoms. The molecule has 35 heavy (non-hydrogen) atoms. The molecule has 1 aromatic heterocycles. The van der Waals surface area contributed by atoms with Crippen molar-refractivity contribution in [2.24, 2.45) is 40.2 Å². The maximum absolute atomic E-state index is 12.0. The molecular weight excluding hydrogens is 444 g/mol. The minimum atomic E-state index is -0.956. The lowest BCUT2D eigenvalue weighted by Crippen LogP contribution is -2.56. The van der Waals surface area contributed by atoms with Gasteiger partial charge in [-0.05, 0) is 86.8 Å². The van der Waals surface area contributed by atoms with Gasteiger partial charge in [0.2, 0.25) is 0 Å². The number of rotatable bonds is 6. The normalized spacial score (nSPS) is 41.1. The Morgan fingerprint density at radius 1 is 1.09 bits per heavy atom. The van der Waals surface area contributed by atoms with E-state index in [-0.39, 0.29) is 46.6 Å². The number of aromatic nitrogens is 1. The second kappa shape index (κ2) is 9.81. The Bertz CT molecular complexity index is 925. The fourth-order valence-electron chi connectivity index (χ4n) is 8.17. The van der Waals surface area contributed by atoms with Crippen LogP contribution in [0.1, 0.15) is 78.3 Å². The van der Waals surface area contributed by atoms with Gasteiger partial charge in [-0.15, -0.1) is 0 Å². The van der Waals surface area contributed by atoms with Gasteiger partial charge in [-0.25, -0.2) is 0 Å². The first-order valence-corrected chi connectivity index (χ1v) is 13.2. The van der Waals surface area contributed by atoms with Gasteiger partial charge in [0.25, 0.3) is 0 Å². The minimum Gasteiger partial charge on any atom is -0.466 e. The van der Waals surface area contributed by atoms with Crippen LogP contribution in [0, 0.1) is 34.5 Å². The third-order valence-electron chi connectivity index (χ3n) is 10.1. The molecule has 3 saturated carbocycles. The van der Waals surface area contributed by atoms with Crippen molar-refractivity contribution in [3.63, 3.8) is 0 Å². The van der Waals surface area contributed by atoms with Crippen LogP contribution in [0.2, 0.25) is 0 Å². The highest BCUT2D eigenvalue weighted by molar-refractivity contribution is 5.66. The van der Waals surface area contributed by atoms with Crippen LogP contribution in [0.5, 0.6) is 0 Å². The number of hydrogen-bond acceptors (Lipinski definition) is 7. The molecule has 0 radical (unpaired) electrons. The summed E-state index contributed by atoms with van der Waals surface area (Å²) in [5.74, 6) is 0.416. The van der Waals surface area contributed by atoms with E-state index in [0.29, 0.717) is 31.9 Å². The molecule has 3 N–H and O–H groups in total. The Morgan fingerprint density at radius 2 is 1.83 bits per heavy atom. The van der Waals surface area contributed by atoms with Crippen molar-refractivity contribution in [3.05, 3.63) is 30.1 Å². The minimum absolute atomic E-state index is 0.0870. The van der Waals surface area contributed by atoms with Gasteiger partial charge < -0.3 is 20.3 Å². The van der Waals surface area contributed by atoms with E-state index in [4.69, 9.17) is 15.2 Å². The molecule has 0 aromatic carbocycles. The molecule has 3 aliphatic carbocycles. The third-order valence-corrected chi connectivity index (χ3v) is 10.1. The van der Waals surface area contributed by atoms with E-state index in [9.17, 15) is 14.7 Å². The van der Waals surface area contributed by atoms with Crippen molar-refractivity contribution in [2.75, 3.05) is 13.2 Å². The maximum atomic E-state index is 12.0. The first-order valence-electron chi connectivity index (χ1n) is 13.2. The van der Waals surface area contributed by atoms with Crippen molar-refractivity contribution >= 4 is 11.9 Å². The number of pyridine rings is 1. The molecule has 4 rings (SSSR count). The van der Waals surface area contributed by atoms with Gasteiger partial charge in [0.15, 0.2) is 0 Å². The lowest BCUT2D eigenvalue weighted by molar-refractivity contribution is -0.167. The number of esters is 2. The van der Waals surface area contributed by atoms with Gasteiger partial charge >= 0.3 is 11.9 Å². The first-order chi connectivity index (χ1) is 16.5. The Hall–Kier alpha value is -1.99. The Labute approximate surface area is 209 Å². The lowest BCUT2D eigenvalue weighted by Gasteiger charge is -2.58. The molecule has 1 aromatic rings. The summed E-state index contributed by atoms with van der Waals surface area (Å²) in [6, 6.07) is 5.78. The van der Waals surface area contributed by atoms with E-state index in [0.717, 1.165) is 37.8 Å². The van der Waals surface area contributed by atoms with Crippen LogP contribution >= 0.6 is 0 Å². The second-order valence-corrected chi connectivity index (χ2v) is 11.7. The highest BCUT2D eigenvalue weighted by Gasteiger charge is 2.64. The Kier molecular flexibility index (Phi) is 7.31. The molecule has 3 aliphatic rings. The zero-order valence-corrected chi connectivity index (χ0v) is 21.7. The summed E-state index contributed by atoms with van der Waals surface area (Å²) in [6.07, 6.45) is 7.47. The van der Waals surface area contributed by atoms with E-state index in [1.54, 1.807) is 6.20 Å². The maximum Gasteiger partial charge on any atom is 0.302 e. The fourth-order valence-corrected chi connectivity index (χ4v) is 8.17. The summed E-state index contributed by atoms with van der Waals surface area (Å²) >= 11 is 0. The van der Waals surface area contributed by atoms with Crippen LogP contribution in [0.25, 0.3) is 0 Å². The third kappa shape index (κ3) is 4.50. The molecule has 8 atom stereocenters. The summed E-state index contributed by atoms with van der Waals surface area (Å²) in [5.41, 5.74) is 5.93. The molecule has 0 bridgehead atoms. The predicted molar refractivity (Wildman–Crippen MR) is 132 cm³/mol. The molecule has 8 unspecified atom stereocenters. The Morgan fingerprint density at radius 3 is 2.46 bits per heavy atom. The summed E-state index contributed by atoms with van der Waals surface area (Å²) in [7, 11) is 0. The standard InChI is InChI=1S/C28H42N2O5/c1-18(31)34-17-20-15-21(35-19(2)32)8-11-26(20,3)23-9-12-27(4)24(22(23)16-29)10-13-28(27,33)25-7-5-6-14-30-25/h5-7,14,20-24,33H,8-13,15-17,29H2,1-4H3. The van der Waals surface area contributed by atoms with Crippen molar-refractivity contribution in [2.45, 2.75) is 84.3 Å². The van der Waals surface area contributed by atoms with Gasteiger partial charge in [-0.1, -0.05) is 19.9 Å². The summed E-state index contributed by atoms with van der Waals surface area (Å²) < 4.78 is 11.1. The smallest absolute Gasteiger partial charge is 0.302 e. The number of fused-ring (bicyclic) bond motifs is 1. The number of hydrogen-bond donors (Lipinski definition) is 2. The van der Waals surface area contributed by atoms with E-state index in [2.05, 4.69) is 18.8 Å². The molecule has 194 valence electrons. The molecule has 0 aliphatic heterocycles. The molecular formula is C28H42N2O5. The van der Waals surface area contributed by atoms with Crippen molar-refractivity contribution in [3.8, 4) is 0 Å². The van der Waals surface area contributed by atoms with E-state index < -0.39 is 5.60 Å². The topological polar surface area (TPSA) is 112 Å². The number of ether oxygens (including phenoxy) is 2. The monoisotopic (exact) mass is 486 g/mol. The van der Waals surface area contributed by atoms with Gasteiger partial charge in [-0.3, -0.25) is 14.6 Å². The summed E-state index contributed by atoms with van der Waals surface area (Å²) in [5, 5.41) is 12.0. The zero-order valence-electron chi connectivity index (χ0n) is 21.7. The van der Waals surface area contributed by atoms with Gasteiger partial charge in [0, 0.05) is 31.4 Å². The average molecular weight is 487 g/mol. The van der Waals surface area contributed by atoms with Crippen LogP contribution in [0.15, 0.2) is 24.4 Å². The van der Waals surface area contributed by atoms with Crippen LogP contribution in [-0.2, 0) is 24.7 Å². The van der Waals surface area contributed by atoms with Crippen molar-refractivity contribution in [1.29, 1.82) is 0 Å². The Balaban J connectivity index is 1.62. The van der Waals surface area contributed by atoms with Gasteiger partial charge in [0.05, 0.1) is 12.3 Å². The number of aliphatic hydroxyl groups is 1. The molecule has 0 amide bonds. The molecule has 0 spiro atoms. The molecule has 0 saturated heterocycles. The largest absolute Gasteiger partial charge is 0.466 e. The molecule has 3 fully saturated rings. The van der Waals surface area contributed by atoms with Crippen LogP contribution < -0.4 is 5.73 Å². The lowest BCUT2D eigenvalue weighted by atomic mass is 9.48. The highest BCUT2D eigenvalue weighted by atomic mass is 16.5. The average Bonchev–Trinajstić information content (AvgIpc) is 3.10. The number of nitrogens with two attached hydrogens (primary N) is 1. The quantitative estimate of drug-likeness (QED) is 0.585. The van der Waals surface area contributed by atoms with E-state index >= 15 is 0 Å². The number of carbonyl (C=O) groups excluding carboxylic acids is 2. The molecule has 7 nitrogen and oxygen atoms in total. The summed E-state index contributed by atoms with van der Waals surface area (Å²) in [4.78, 5) is 27.9. The fraction of sp³-hybridized carbons (Fsp3) is 0.750. The van der Waals surface area contributed by atoms with Gasteiger partial charge in [-0.2, -0.15) is 0 Å². The van der Waals surface area contributed by atoms with Crippen LogP contribution in [-0.4, -0.2) is 41.3 Å². The predicted octanol–water partition coefficient (Wildman–Crippen LogP) is 3.97. The number of nitrogens with zero attached hydrogens (tertiary/aromatic N) is 1. The first kappa shape index (κ1) is 26.1. The SMILES string of the molecule is CC(=O)OCC1CC(OC(C)=O)CCC1(C)C1CCC2(C)C(CCC2(O)c2ccccn2)C1CN. The van der Waals surface area contributed by atoms with E-state index in [1.165, 1.54) is 13.8 Å². The highest BCUT2D eigenvalue weighted by Crippen LogP contribution is 2.67. The van der Waals surface area contributed by atoms with Crippen molar-refractivity contribution < 1.29 is 24.2 Å². The number of carbonyl (C=O) groups is 2. The van der Waals surface area contributed by atoms with Crippen LogP contribution in [0.4, 0.5) is 0 Å².